The minimum Gasteiger partial charge on any atom is -0.0654 e. The van der Waals surface area contributed by atoms with Gasteiger partial charge in [-0.1, -0.05) is 97.8 Å². The van der Waals surface area contributed by atoms with Crippen LogP contribution in [-0.4, -0.2) is 0 Å². The summed E-state index contributed by atoms with van der Waals surface area (Å²) in [7, 11) is 0. The standard InChI is InChI=1S/C26H48/c1-4-13-23-24(22-16-12-15-21(3)19-22)20-26(25(23)14-5-2)17-10-8-6-7-9-11-18-26/h21-25H,4-20H2,1-3H3. The van der Waals surface area contributed by atoms with Crippen LogP contribution in [0.5, 0.6) is 0 Å². The molecule has 0 radical (unpaired) electrons. The minimum absolute atomic E-state index is 0.742. The molecule has 0 bridgehead atoms. The van der Waals surface area contributed by atoms with Crippen LogP contribution in [-0.2, 0) is 0 Å². The zero-order chi connectivity index (χ0) is 18.4. The predicted molar refractivity (Wildman–Crippen MR) is 115 cm³/mol. The Hall–Kier alpha value is 0. The average Bonchev–Trinajstić information content (AvgIpc) is 2.98. The minimum atomic E-state index is 0.742. The van der Waals surface area contributed by atoms with Crippen molar-refractivity contribution in [2.24, 2.45) is 35.0 Å². The summed E-state index contributed by atoms with van der Waals surface area (Å²) in [6.45, 7) is 7.45. The van der Waals surface area contributed by atoms with Crippen molar-refractivity contribution in [3.05, 3.63) is 0 Å². The normalized spacial score (nSPS) is 38.7. The van der Waals surface area contributed by atoms with Crippen molar-refractivity contribution in [2.75, 3.05) is 0 Å². The Kier molecular flexibility index (Phi) is 7.95. The molecule has 3 rings (SSSR count). The molecule has 0 heterocycles. The summed E-state index contributed by atoms with van der Waals surface area (Å²) >= 11 is 0. The van der Waals surface area contributed by atoms with Crippen LogP contribution in [0.25, 0.3) is 0 Å². The van der Waals surface area contributed by atoms with Gasteiger partial charge in [-0.3, -0.25) is 0 Å². The monoisotopic (exact) mass is 360 g/mol. The van der Waals surface area contributed by atoms with Crippen molar-refractivity contribution in [1.29, 1.82) is 0 Å². The van der Waals surface area contributed by atoms with Gasteiger partial charge in [-0.05, 0) is 67.1 Å². The fourth-order valence-corrected chi connectivity index (χ4v) is 7.85. The fourth-order valence-electron chi connectivity index (χ4n) is 7.85. The summed E-state index contributed by atoms with van der Waals surface area (Å²) in [5.74, 6) is 5.28. The van der Waals surface area contributed by atoms with E-state index in [1.807, 2.05) is 0 Å². The lowest BCUT2D eigenvalue weighted by Crippen LogP contribution is -2.29. The fraction of sp³-hybridized carbons (Fsp3) is 1.00. The maximum atomic E-state index is 2.54. The quantitative estimate of drug-likeness (QED) is 0.459. The molecular formula is C26H48. The lowest BCUT2D eigenvalue weighted by Gasteiger charge is -2.38. The van der Waals surface area contributed by atoms with Gasteiger partial charge in [-0.2, -0.15) is 0 Å². The van der Waals surface area contributed by atoms with E-state index in [4.69, 9.17) is 0 Å². The van der Waals surface area contributed by atoms with Crippen LogP contribution in [0.2, 0.25) is 0 Å². The first kappa shape index (κ1) is 20.7. The molecule has 0 saturated heterocycles. The van der Waals surface area contributed by atoms with Gasteiger partial charge in [0, 0.05) is 0 Å². The lowest BCUT2D eigenvalue weighted by molar-refractivity contribution is 0.117. The Morgan fingerprint density at radius 3 is 2.04 bits per heavy atom. The van der Waals surface area contributed by atoms with E-state index in [-0.39, 0.29) is 0 Å². The summed E-state index contributed by atoms with van der Waals surface area (Å²) in [4.78, 5) is 0. The van der Waals surface area contributed by atoms with Gasteiger partial charge >= 0.3 is 0 Å². The Labute approximate surface area is 165 Å². The van der Waals surface area contributed by atoms with Gasteiger partial charge in [0.2, 0.25) is 0 Å². The topological polar surface area (TPSA) is 0 Å². The van der Waals surface area contributed by atoms with Crippen molar-refractivity contribution in [3.63, 3.8) is 0 Å². The molecule has 3 saturated carbocycles. The van der Waals surface area contributed by atoms with E-state index in [0.29, 0.717) is 0 Å². The molecule has 0 amide bonds. The molecular weight excluding hydrogens is 312 g/mol. The molecule has 152 valence electrons. The van der Waals surface area contributed by atoms with Crippen LogP contribution in [0, 0.1) is 35.0 Å². The smallest absolute Gasteiger partial charge is 0.0264 e. The molecule has 1 spiro atoms. The van der Waals surface area contributed by atoms with E-state index in [0.717, 1.165) is 35.0 Å². The number of hydrogen-bond acceptors (Lipinski definition) is 0. The summed E-state index contributed by atoms with van der Waals surface area (Å²) in [5.41, 5.74) is 0.742. The van der Waals surface area contributed by atoms with Crippen LogP contribution >= 0.6 is 0 Å². The van der Waals surface area contributed by atoms with E-state index in [2.05, 4.69) is 20.8 Å². The second kappa shape index (κ2) is 9.97. The summed E-state index contributed by atoms with van der Waals surface area (Å²) in [6, 6.07) is 0. The van der Waals surface area contributed by atoms with E-state index < -0.39 is 0 Å². The maximum Gasteiger partial charge on any atom is -0.0264 e. The third-order valence-corrected chi connectivity index (χ3v) is 8.90. The number of hydrogen-bond donors (Lipinski definition) is 0. The van der Waals surface area contributed by atoms with Crippen LogP contribution in [0.3, 0.4) is 0 Å². The molecule has 5 unspecified atom stereocenters. The molecule has 0 aromatic heterocycles. The third kappa shape index (κ3) is 4.70. The van der Waals surface area contributed by atoms with Gasteiger partial charge in [-0.25, -0.2) is 0 Å². The Morgan fingerprint density at radius 2 is 1.42 bits per heavy atom. The lowest BCUT2D eigenvalue weighted by atomic mass is 9.67. The van der Waals surface area contributed by atoms with Gasteiger partial charge in [0.25, 0.3) is 0 Å². The van der Waals surface area contributed by atoms with E-state index in [1.54, 1.807) is 32.1 Å². The van der Waals surface area contributed by atoms with Gasteiger partial charge < -0.3 is 0 Å². The molecule has 5 atom stereocenters. The summed E-state index contributed by atoms with van der Waals surface area (Å²) in [5, 5.41) is 0. The van der Waals surface area contributed by atoms with Crippen molar-refractivity contribution < 1.29 is 0 Å². The molecule has 0 aromatic carbocycles. The van der Waals surface area contributed by atoms with Gasteiger partial charge in [0.15, 0.2) is 0 Å². The zero-order valence-electron chi connectivity index (χ0n) is 18.4. The first-order chi connectivity index (χ1) is 12.7. The molecule has 0 N–H and O–H groups in total. The second-order valence-corrected chi connectivity index (χ2v) is 10.7. The largest absolute Gasteiger partial charge is 0.0654 e. The van der Waals surface area contributed by atoms with Crippen LogP contribution in [0.1, 0.15) is 130 Å². The Morgan fingerprint density at radius 1 is 0.769 bits per heavy atom. The maximum absolute atomic E-state index is 2.54. The zero-order valence-corrected chi connectivity index (χ0v) is 18.4. The highest BCUT2D eigenvalue weighted by Gasteiger charge is 2.53. The highest BCUT2D eigenvalue weighted by atomic mass is 14.6. The van der Waals surface area contributed by atoms with Crippen molar-refractivity contribution in [3.8, 4) is 0 Å². The predicted octanol–water partition coefficient (Wildman–Crippen LogP) is 8.79. The Bertz CT molecular complexity index is 387. The molecule has 3 aliphatic carbocycles. The van der Waals surface area contributed by atoms with Gasteiger partial charge in [0.05, 0.1) is 0 Å². The van der Waals surface area contributed by atoms with E-state index >= 15 is 0 Å². The highest BCUT2D eigenvalue weighted by molar-refractivity contribution is 5.02. The van der Waals surface area contributed by atoms with Crippen LogP contribution in [0.15, 0.2) is 0 Å². The molecule has 3 fully saturated rings. The average molecular weight is 361 g/mol. The van der Waals surface area contributed by atoms with Crippen molar-refractivity contribution in [1.82, 2.24) is 0 Å². The molecule has 26 heavy (non-hydrogen) atoms. The Balaban J connectivity index is 1.84. The number of rotatable bonds is 5. The summed E-state index contributed by atoms with van der Waals surface area (Å²) < 4.78 is 0. The van der Waals surface area contributed by atoms with Crippen molar-refractivity contribution in [2.45, 2.75) is 130 Å². The van der Waals surface area contributed by atoms with Crippen LogP contribution < -0.4 is 0 Å². The molecule has 0 aliphatic heterocycles. The SMILES string of the molecule is CCCC1C(C2CCCC(C)C2)CC2(CCCCCCCC2)C1CCC. The first-order valence-electron chi connectivity index (χ1n) is 12.7. The molecule has 0 aromatic rings. The van der Waals surface area contributed by atoms with Gasteiger partial charge in [-0.15, -0.1) is 0 Å². The molecule has 3 aliphatic rings. The van der Waals surface area contributed by atoms with E-state index in [1.165, 1.54) is 77.0 Å². The van der Waals surface area contributed by atoms with E-state index in [9.17, 15) is 0 Å². The highest BCUT2D eigenvalue weighted by Crippen LogP contribution is 2.62. The molecule has 0 heteroatoms. The third-order valence-electron chi connectivity index (χ3n) is 8.90. The van der Waals surface area contributed by atoms with Crippen LogP contribution in [0.4, 0.5) is 0 Å². The first-order valence-corrected chi connectivity index (χ1v) is 12.7. The second-order valence-electron chi connectivity index (χ2n) is 10.7. The molecule has 0 nitrogen and oxygen atoms in total. The van der Waals surface area contributed by atoms with Gasteiger partial charge in [0.1, 0.15) is 0 Å². The van der Waals surface area contributed by atoms with Crippen molar-refractivity contribution >= 4 is 0 Å². The summed E-state index contributed by atoms with van der Waals surface area (Å²) in [6.07, 6.45) is 25.9.